The molecule has 8 nitrogen and oxygen atoms in total. The van der Waals surface area contributed by atoms with Crippen molar-refractivity contribution in [2.45, 2.75) is 25.3 Å². The zero-order valence-corrected chi connectivity index (χ0v) is 12.3. The van der Waals surface area contributed by atoms with Crippen LogP contribution in [-0.4, -0.2) is 35.9 Å². The molecule has 0 bridgehead atoms. The molecule has 0 aliphatic heterocycles. The van der Waals surface area contributed by atoms with Crippen molar-refractivity contribution in [2.75, 3.05) is 11.8 Å². The van der Waals surface area contributed by atoms with Gasteiger partial charge in [-0.3, -0.25) is 9.82 Å². The first kappa shape index (κ1) is 13.9. The van der Waals surface area contributed by atoms with Crippen LogP contribution in [0.3, 0.4) is 0 Å². The standard InChI is InChI=1S/C9H14N6O2S2/c1-5-8(7(4-10-3)13-11-5)19(16,17)15-9-14-12-6(2)18-9/h10H,4H2,1-3H3,(H,11,13)(H,14,15). The highest BCUT2D eigenvalue weighted by Gasteiger charge is 2.25. The summed E-state index contributed by atoms with van der Waals surface area (Å²) in [7, 11) is -1.99. The normalized spacial score (nSPS) is 11.7. The lowest BCUT2D eigenvalue weighted by Crippen LogP contribution is -2.17. The summed E-state index contributed by atoms with van der Waals surface area (Å²) in [5.41, 5.74) is 0.924. The first-order valence-electron chi connectivity index (χ1n) is 5.45. The molecule has 0 radical (unpaired) electrons. The molecule has 2 aromatic heterocycles. The van der Waals surface area contributed by atoms with Crippen LogP contribution in [0.2, 0.25) is 0 Å². The van der Waals surface area contributed by atoms with E-state index in [9.17, 15) is 8.42 Å². The zero-order chi connectivity index (χ0) is 14.0. The van der Waals surface area contributed by atoms with Gasteiger partial charge in [0.1, 0.15) is 9.90 Å². The van der Waals surface area contributed by atoms with Crippen LogP contribution in [0.15, 0.2) is 4.90 Å². The lowest BCUT2D eigenvalue weighted by Gasteiger charge is -2.05. The van der Waals surface area contributed by atoms with Crippen LogP contribution in [0, 0.1) is 13.8 Å². The van der Waals surface area contributed by atoms with Gasteiger partial charge in [-0.1, -0.05) is 11.3 Å². The van der Waals surface area contributed by atoms with Crippen molar-refractivity contribution in [3.8, 4) is 0 Å². The highest BCUT2D eigenvalue weighted by molar-refractivity contribution is 7.93. The highest BCUT2D eigenvalue weighted by Crippen LogP contribution is 2.23. The predicted molar refractivity (Wildman–Crippen MR) is 71.5 cm³/mol. The quantitative estimate of drug-likeness (QED) is 0.737. The molecule has 2 heterocycles. The second-order valence-electron chi connectivity index (χ2n) is 3.89. The van der Waals surface area contributed by atoms with Crippen LogP contribution < -0.4 is 10.0 Å². The molecule has 2 aromatic rings. The maximum absolute atomic E-state index is 12.3. The molecule has 0 unspecified atom stereocenters. The fourth-order valence-electron chi connectivity index (χ4n) is 1.62. The summed E-state index contributed by atoms with van der Waals surface area (Å²) < 4.78 is 27.1. The topological polar surface area (TPSA) is 113 Å². The number of hydrogen-bond donors (Lipinski definition) is 3. The van der Waals surface area contributed by atoms with Gasteiger partial charge in [-0.05, 0) is 20.9 Å². The molecular weight excluding hydrogens is 288 g/mol. The lowest BCUT2D eigenvalue weighted by atomic mass is 10.4. The summed E-state index contributed by atoms with van der Waals surface area (Å²) >= 11 is 1.18. The molecule has 2 rings (SSSR count). The van der Waals surface area contributed by atoms with Crippen molar-refractivity contribution in [1.82, 2.24) is 25.7 Å². The van der Waals surface area contributed by atoms with E-state index in [1.807, 2.05) is 0 Å². The Morgan fingerprint density at radius 2 is 2.05 bits per heavy atom. The average Bonchev–Trinajstić information content (AvgIpc) is 2.86. The monoisotopic (exact) mass is 302 g/mol. The van der Waals surface area contributed by atoms with Gasteiger partial charge < -0.3 is 5.32 Å². The van der Waals surface area contributed by atoms with Gasteiger partial charge in [0.2, 0.25) is 5.13 Å². The van der Waals surface area contributed by atoms with Crippen molar-refractivity contribution in [3.05, 3.63) is 16.4 Å². The number of anilines is 1. The Bertz CT molecular complexity index is 675. The Hall–Kier alpha value is -1.52. The smallest absolute Gasteiger partial charge is 0.267 e. The molecule has 0 aliphatic rings. The number of hydrogen-bond acceptors (Lipinski definition) is 7. The fraction of sp³-hybridized carbons (Fsp3) is 0.444. The van der Waals surface area contributed by atoms with E-state index in [-0.39, 0.29) is 10.0 Å². The Morgan fingerprint density at radius 3 is 2.63 bits per heavy atom. The molecule has 19 heavy (non-hydrogen) atoms. The molecule has 0 saturated heterocycles. The largest absolute Gasteiger partial charge is 0.314 e. The number of aromatic nitrogens is 4. The molecule has 0 amide bonds. The number of aryl methyl sites for hydroxylation is 2. The third kappa shape index (κ3) is 2.91. The molecule has 104 valence electrons. The first-order valence-corrected chi connectivity index (χ1v) is 7.75. The summed E-state index contributed by atoms with van der Waals surface area (Å²) in [6.07, 6.45) is 0. The second-order valence-corrected chi connectivity index (χ2v) is 6.69. The van der Waals surface area contributed by atoms with E-state index in [2.05, 4.69) is 30.4 Å². The Morgan fingerprint density at radius 1 is 1.32 bits per heavy atom. The Kier molecular flexibility index (Phi) is 3.83. The minimum Gasteiger partial charge on any atom is -0.314 e. The number of aromatic amines is 1. The number of nitrogens with zero attached hydrogens (tertiary/aromatic N) is 3. The summed E-state index contributed by atoms with van der Waals surface area (Å²) in [5, 5.41) is 18.0. The van der Waals surface area contributed by atoms with Gasteiger partial charge in [-0.25, -0.2) is 8.42 Å². The van der Waals surface area contributed by atoms with Crippen LogP contribution >= 0.6 is 11.3 Å². The molecule has 3 N–H and O–H groups in total. The van der Waals surface area contributed by atoms with Gasteiger partial charge in [0, 0.05) is 6.54 Å². The summed E-state index contributed by atoms with van der Waals surface area (Å²) in [5.74, 6) is 0. The third-order valence-electron chi connectivity index (χ3n) is 2.32. The molecule has 0 fully saturated rings. The molecule has 0 atom stereocenters. The van der Waals surface area contributed by atoms with E-state index >= 15 is 0 Å². The van der Waals surface area contributed by atoms with E-state index in [0.29, 0.717) is 22.9 Å². The van der Waals surface area contributed by atoms with Crippen LogP contribution in [0.25, 0.3) is 0 Å². The molecule has 0 saturated carbocycles. The van der Waals surface area contributed by atoms with Gasteiger partial charge in [-0.2, -0.15) is 5.10 Å². The van der Waals surface area contributed by atoms with Crippen molar-refractivity contribution in [1.29, 1.82) is 0 Å². The average molecular weight is 302 g/mol. The third-order valence-corrected chi connectivity index (χ3v) is 4.75. The minimum absolute atomic E-state index is 0.148. The van der Waals surface area contributed by atoms with E-state index < -0.39 is 10.0 Å². The molecule has 0 aliphatic carbocycles. The van der Waals surface area contributed by atoms with Crippen LogP contribution in [0.5, 0.6) is 0 Å². The number of rotatable bonds is 5. The van der Waals surface area contributed by atoms with Gasteiger partial charge >= 0.3 is 0 Å². The van der Waals surface area contributed by atoms with Gasteiger partial charge in [0.15, 0.2) is 0 Å². The number of H-pyrrole nitrogens is 1. The Balaban J connectivity index is 2.36. The van der Waals surface area contributed by atoms with E-state index in [0.717, 1.165) is 0 Å². The summed E-state index contributed by atoms with van der Waals surface area (Å²) in [4.78, 5) is 0.148. The van der Waals surface area contributed by atoms with Crippen molar-refractivity contribution in [3.63, 3.8) is 0 Å². The van der Waals surface area contributed by atoms with Gasteiger partial charge in [0.25, 0.3) is 10.0 Å². The maximum Gasteiger partial charge on any atom is 0.267 e. The van der Waals surface area contributed by atoms with E-state index in [4.69, 9.17) is 0 Å². The second kappa shape index (κ2) is 5.23. The lowest BCUT2D eigenvalue weighted by molar-refractivity contribution is 0.598. The van der Waals surface area contributed by atoms with Crippen LogP contribution in [0.1, 0.15) is 16.4 Å². The van der Waals surface area contributed by atoms with Crippen molar-refractivity contribution >= 4 is 26.5 Å². The highest BCUT2D eigenvalue weighted by atomic mass is 32.2. The first-order chi connectivity index (χ1) is 8.94. The van der Waals surface area contributed by atoms with Gasteiger partial charge in [0.05, 0.1) is 11.4 Å². The zero-order valence-electron chi connectivity index (χ0n) is 10.7. The molecular formula is C9H14N6O2S2. The number of sulfonamides is 1. The predicted octanol–water partition coefficient (Wildman–Crippen LogP) is 0.398. The van der Waals surface area contributed by atoms with E-state index in [1.54, 1.807) is 20.9 Å². The maximum atomic E-state index is 12.3. The Labute approximate surface area is 114 Å². The number of nitrogens with one attached hydrogen (secondary N) is 3. The minimum atomic E-state index is -3.72. The van der Waals surface area contributed by atoms with Crippen LogP contribution in [0.4, 0.5) is 5.13 Å². The summed E-state index contributed by atoms with van der Waals surface area (Å²) in [6.45, 7) is 3.77. The van der Waals surface area contributed by atoms with Crippen LogP contribution in [-0.2, 0) is 16.6 Å². The summed E-state index contributed by atoms with van der Waals surface area (Å²) in [6, 6.07) is 0. The van der Waals surface area contributed by atoms with Crippen molar-refractivity contribution < 1.29 is 8.42 Å². The fourth-order valence-corrected chi connectivity index (χ4v) is 3.81. The molecule has 0 spiro atoms. The van der Waals surface area contributed by atoms with Gasteiger partial charge in [-0.15, -0.1) is 10.2 Å². The molecule has 10 heteroatoms. The van der Waals surface area contributed by atoms with Crippen molar-refractivity contribution in [2.24, 2.45) is 0 Å². The SMILES string of the molecule is CNCc1n[nH]c(C)c1S(=O)(=O)Nc1nnc(C)s1. The molecule has 0 aromatic carbocycles. The van der Waals surface area contributed by atoms with E-state index in [1.165, 1.54) is 11.3 Å².